The molecule has 0 aliphatic carbocycles. The second-order valence-corrected chi connectivity index (χ2v) is 7.49. The highest BCUT2D eigenvalue weighted by atomic mass is 19.1. The lowest BCUT2D eigenvalue weighted by Crippen LogP contribution is -3.29. The van der Waals surface area contributed by atoms with Gasteiger partial charge in [0.1, 0.15) is 44.4 Å². The number of carbonyl (C=O) groups excluding carboxylic acids is 2. The zero-order valence-electron chi connectivity index (χ0n) is 15.5. The molecule has 2 saturated heterocycles. The highest BCUT2D eigenvalue weighted by Gasteiger charge is 2.47. The third kappa shape index (κ3) is 3.68. The Hall–Kier alpha value is -2.64. The van der Waals surface area contributed by atoms with Crippen molar-refractivity contribution in [3.05, 3.63) is 65.7 Å². The Labute approximate surface area is 162 Å². The molecule has 146 valence electrons. The molecule has 4 rings (SSSR count). The van der Waals surface area contributed by atoms with Crippen LogP contribution in [0.3, 0.4) is 0 Å². The maximum absolute atomic E-state index is 14.1. The van der Waals surface area contributed by atoms with Gasteiger partial charge in [-0.05, 0) is 12.1 Å². The molecule has 2 amide bonds. The molecule has 5 nitrogen and oxygen atoms in total. The van der Waals surface area contributed by atoms with Crippen LogP contribution in [0.4, 0.5) is 14.5 Å². The van der Waals surface area contributed by atoms with E-state index in [4.69, 9.17) is 0 Å². The summed E-state index contributed by atoms with van der Waals surface area (Å²) in [7, 11) is 0. The Bertz CT molecular complexity index is 882. The quantitative estimate of drug-likeness (QED) is 0.701. The van der Waals surface area contributed by atoms with Gasteiger partial charge in [0, 0.05) is 11.6 Å². The second-order valence-electron chi connectivity index (χ2n) is 7.49. The van der Waals surface area contributed by atoms with Crippen molar-refractivity contribution in [2.45, 2.75) is 19.0 Å². The van der Waals surface area contributed by atoms with Crippen molar-refractivity contribution in [2.24, 2.45) is 0 Å². The maximum Gasteiger partial charge on any atom is 0.292 e. The number of hydrogen-bond acceptors (Lipinski definition) is 2. The Morgan fingerprint density at radius 3 is 2.36 bits per heavy atom. The Morgan fingerprint density at radius 1 is 0.964 bits per heavy atom. The molecule has 2 N–H and O–H groups in total. The van der Waals surface area contributed by atoms with Gasteiger partial charge < -0.3 is 9.80 Å². The topological polar surface area (TPSA) is 46.3 Å². The van der Waals surface area contributed by atoms with Gasteiger partial charge in [0.25, 0.3) is 5.91 Å². The molecule has 0 radical (unpaired) electrons. The van der Waals surface area contributed by atoms with E-state index < -0.39 is 29.5 Å². The van der Waals surface area contributed by atoms with Crippen LogP contribution < -0.4 is 14.7 Å². The maximum atomic E-state index is 14.1. The molecule has 2 aromatic rings. The normalized spacial score (nSPS) is 25.4. The molecule has 0 unspecified atom stereocenters. The summed E-state index contributed by atoms with van der Waals surface area (Å²) in [5.41, 5.74) is 1.12. The Balaban J connectivity index is 1.41. The third-order valence-electron chi connectivity index (χ3n) is 5.69. The minimum atomic E-state index is -0.894. The monoisotopic (exact) mass is 387 g/mol. The van der Waals surface area contributed by atoms with Gasteiger partial charge in [0.2, 0.25) is 5.91 Å². The SMILES string of the molecule is O=C1C[C@@H]([NH+]2CC[NH+](Cc3ccccc3)CC2)C(=O)N1c1ccc(F)cc1F. The molecule has 7 heteroatoms. The predicted molar refractivity (Wildman–Crippen MR) is 98.8 cm³/mol. The molecule has 2 aliphatic heterocycles. The van der Waals surface area contributed by atoms with E-state index in [9.17, 15) is 18.4 Å². The van der Waals surface area contributed by atoms with Crippen molar-refractivity contribution >= 4 is 17.5 Å². The summed E-state index contributed by atoms with van der Waals surface area (Å²) < 4.78 is 27.2. The molecule has 2 fully saturated rings. The summed E-state index contributed by atoms with van der Waals surface area (Å²) in [6, 6.07) is 12.7. The number of rotatable bonds is 4. The van der Waals surface area contributed by atoms with E-state index in [1.165, 1.54) is 10.5 Å². The van der Waals surface area contributed by atoms with Crippen LogP contribution in [0.2, 0.25) is 0 Å². The molecule has 2 aliphatic rings. The van der Waals surface area contributed by atoms with Gasteiger partial charge in [0.05, 0.1) is 12.1 Å². The molecular weight excluding hydrogens is 364 g/mol. The van der Waals surface area contributed by atoms with E-state index in [1.54, 1.807) is 0 Å². The van der Waals surface area contributed by atoms with Gasteiger partial charge in [-0.25, -0.2) is 13.7 Å². The predicted octanol–water partition coefficient (Wildman–Crippen LogP) is -0.420. The van der Waals surface area contributed by atoms with Crippen LogP contribution in [0, 0.1) is 11.6 Å². The summed E-state index contributed by atoms with van der Waals surface area (Å²) in [5, 5.41) is 0. The van der Waals surface area contributed by atoms with Crippen molar-refractivity contribution in [1.29, 1.82) is 0 Å². The summed E-state index contributed by atoms with van der Waals surface area (Å²) >= 11 is 0. The number of imide groups is 1. The smallest absolute Gasteiger partial charge is 0.292 e. The Kier molecular flexibility index (Phi) is 5.19. The van der Waals surface area contributed by atoms with Crippen LogP contribution in [-0.2, 0) is 16.1 Å². The largest absolute Gasteiger partial charge is 0.322 e. The van der Waals surface area contributed by atoms with Crippen molar-refractivity contribution < 1.29 is 28.2 Å². The standard InChI is InChI=1S/C21H21F2N3O2/c22-16-6-7-18(17(23)12-16)26-20(27)13-19(21(26)28)25-10-8-24(9-11-25)14-15-4-2-1-3-5-15/h1-7,12,19H,8-11,13-14H2/p+2/t19-/m1/s1. The first-order valence-corrected chi connectivity index (χ1v) is 9.57. The number of piperazine rings is 1. The fourth-order valence-electron chi connectivity index (χ4n) is 4.20. The number of hydrogen-bond donors (Lipinski definition) is 2. The summed E-state index contributed by atoms with van der Waals surface area (Å²) in [5.74, 6) is -2.45. The lowest BCUT2D eigenvalue weighted by molar-refractivity contribution is -1.02. The van der Waals surface area contributed by atoms with E-state index in [-0.39, 0.29) is 12.1 Å². The molecule has 0 bridgehead atoms. The molecule has 1 atom stereocenters. The molecule has 0 spiro atoms. The highest BCUT2D eigenvalue weighted by molar-refractivity contribution is 6.21. The molecule has 2 aromatic carbocycles. The van der Waals surface area contributed by atoms with Crippen molar-refractivity contribution in [3.63, 3.8) is 0 Å². The van der Waals surface area contributed by atoms with E-state index in [1.807, 2.05) is 18.2 Å². The number of quaternary nitrogens is 2. The first-order valence-electron chi connectivity index (χ1n) is 9.57. The second kappa shape index (κ2) is 7.77. The molecule has 28 heavy (non-hydrogen) atoms. The lowest BCUT2D eigenvalue weighted by atomic mass is 10.1. The average molecular weight is 387 g/mol. The van der Waals surface area contributed by atoms with Gasteiger partial charge in [-0.1, -0.05) is 30.3 Å². The first-order chi connectivity index (χ1) is 13.5. The number of nitrogens with one attached hydrogen (secondary N) is 2. The van der Waals surface area contributed by atoms with Crippen LogP contribution in [0.5, 0.6) is 0 Å². The van der Waals surface area contributed by atoms with Gasteiger partial charge in [-0.3, -0.25) is 9.59 Å². The summed E-state index contributed by atoms with van der Waals surface area (Å²) in [6.07, 6.45) is 0.0685. The fraction of sp³-hybridized carbons (Fsp3) is 0.333. The number of carbonyl (C=O) groups is 2. The van der Waals surface area contributed by atoms with E-state index >= 15 is 0 Å². The minimum absolute atomic E-state index is 0.0685. The minimum Gasteiger partial charge on any atom is -0.322 e. The van der Waals surface area contributed by atoms with Crippen LogP contribution >= 0.6 is 0 Å². The van der Waals surface area contributed by atoms with Gasteiger partial charge >= 0.3 is 0 Å². The van der Waals surface area contributed by atoms with E-state index in [0.29, 0.717) is 6.07 Å². The number of anilines is 1. The fourth-order valence-corrected chi connectivity index (χ4v) is 4.20. The number of halogens is 2. The van der Waals surface area contributed by atoms with Gasteiger partial charge in [0.15, 0.2) is 6.04 Å². The van der Waals surface area contributed by atoms with Gasteiger partial charge in [-0.15, -0.1) is 0 Å². The van der Waals surface area contributed by atoms with Crippen molar-refractivity contribution in [3.8, 4) is 0 Å². The van der Waals surface area contributed by atoms with E-state index in [0.717, 1.165) is 54.7 Å². The molecule has 0 aromatic heterocycles. The van der Waals surface area contributed by atoms with Gasteiger partial charge in [-0.2, -0.15) is 0 Å². The number of benzene rings is 2. The molecule has 2 heterocycles. The average Bonchev–Trinajstić information content (AvgIpc) is 2.98. The molecule has 0 saturated carbocycles. The van der Waals surface area contributed by atoms with Crippen molar-refractivity contribution in [2.75, 3.05) is 31.1 Å². The third-order valence-corrected chi connectivity index (χ3v) is 5.69. The summed E-state index contributed by atoms with van der Waals surface area (Å²) in [6.45, 7) is 4.33. The van der Waals surface area contributed by atoms with Crippen LogP contribution in [-0.4, -0.2) is 44.0 Å². The molecular formula is C21H23F2N3O2+2. The van der Waals surface area contributed by atoms with Crippen LogP contribution in [0.25, 0.3) is 0 Å². The summed E-state index contributed by atoms with van der Waals surface area (Å²) in [4.78, 5) is 28.7. The van der Waals surface area contributed by atoms with Crippen LogP contribution in [0.15, 0.2) is 48.5 Å². The van der Waals surface area contributed by atoms with Crippen LogP contribution in [0.1, 0.15) is 12.0 Å². The zero-order valence-corrected chi connectivity index (χ0v) is 15.5. The Morgan fingerprint density at radius 2 is 1.68 bits per heavy atom. The lowest BCUT2D eigenvalue weighted by Gasteiger charge is -2.32. The van der Waals surface area contributed by atoms with Crippen molar-refractivity contribution in [1.82, 2.24) is 0 Å². The van der Waals surface area contributed by atoms with E-state index in [2.05, 4.69) is 12.1 Å². The number of nitrogens with zero attached hydrogens (tertiary/aromatic N) is 1. The number of amides is 2. The zero-order chi connectivity index (χ0) is 19.7. The first kappa shape index (κ1) is 18.7. The highest BCUT2D eigenvalue weighted by Crippen LogP contribution is 2.25.